The van der Waals surface area contributed by atoms with Crippen LogP contribution >= 0.6 is 0 Å². The third-order valence-electron chi connectivity index (χ3n) is 3.28. The third kappa shape index (κ3) is 3.56. The number of aliphatic hydroxyl groups is 1. The Morgan fingerprint density at radius 1 is 1.30 bits per heavy atom. The van der Waals surface area contributed by atoms with Crippen LogP contribution in [0.3, 0.4) is 0 Å². The topological polar surface area (TPSA) is 54.4 Å². The van der Waals surface area contributed by atoms with Crippen molar-refractivity contribution in [2.45, 2.75) is 26.1 Å². The van der Waals surface area contributed by atoms with E-state index in [0.29, 0.717) is 12.4 Å². The van der Waals surface area contributed by atoms with Crippen molar-refractivity contribution in [1.82, 2.24) is 10.3 Å². The molecule has 0 aliphatic heterocycles. The van der Waals surface area contributed by atoms with Crippen LogP contribution in [-0.2, 0) is 13.2 Å². The summed E-state index contributed by atoms with van der Waals surface area (Å²) in [7, 11) is 1.62. The van der Waals surface area contributed by atoms with Gasteiger partial charge >= 0.3 is 0 Å². The zero-order valence-corrected chi connectivity index (χ0v) is 11.8. The number of nitrogens with one attached hydrogen (secondary N) is 1. The Labute approximate surface area is 119 Å². The van der Waals surface area contributed by atoms with Gasteiger partial charge in [0.05, 0.1) is 13.7 Å². The molecule has 0 radical (unpaired) electrons. The molecule has 0 saturated heterocycles. The van der Waals surface area contributed by atoms with E-state index in [2.05, 4.69) is 23.3 Å². The molecule has 2 aromatic rings. The maximum Gasteiger partial charge on any atom is 0.217 e. The lowest BCUT2D eigenvalue weighted by Gasteiger charge is -2.16. The number of ether oxygens (including phenoxy) is 1. The largest absolute Gasteiger partial charge is 0.481 e. The van der Waals surface area contributed by atoms with E-state index in [0.717, 1.165) is 16.7 Å². The molecule has 0 bridgehead atoms. The molecule has 1 aromatic carbocycles. The number of rotatable bonds is 6. The highest BCUT2D eigenvalue weighted by molar-refractivity contribution is 5.27. The van der Waals surface area contributed by atoms with E-state index in [1.165, 1.54) is 0 Å². The lowest BCUT2D eigenvalue weighted by Crippen LogP contribution is -2.18. The number of hydrogen-bond acceptors (Lipinski definition) is 4. The quantitative estimate of drug-likeness (QED) is 0.848. The van der Waals surface area contributed by atoms with Crippen molar-refractivity contribution < 1.29 is 9.84 Å². The van der Waals surface area contributed by atoms with Gasteiger partial charge in [0.15, 0.2) is 0 Å². The number of benzene rings is 1. The number of aliphatic hydroxyl groups excluding tert-OH is 1. The fraction of sp³-hybridized carbons (Fsp3) is 0.312. The van der Waals surface area contributed by atoms with Crippen LogP contribution in [0, 0.1) is 0 Å². The summed E-state index contributed by atoms with van der Waals surface area (Å²) in [6, 6.07) is 12.0. The van der Waals surface area contributed by atoms with E-state index in [1.54, 1.807) is 13.3 Å². The van der Waals surface area contributed by atoms with Crippen LogP contribution in [0.2, 0.25) is 0 Å². The molecular weight excluding hydrogens is 252 g/mol. The summed E-state index contributed by atoms with van der Waals surface area (Å²) in [4.78, 5) is 4.18. The zero-order chi connectivity index (χ0) is 14.4. The molecule has 4 nitrogen and oxygen atoms in total. The number of hydrogen-bond donors (Lipinski definition) is 2. The van der Waals surface area contributed by atoms with E-state index < -0.39 is 0 Å². The third-order valence-corrected chi connectivity index (χ3v) is 3.28. The smallest absolute Gasteiger partial charge is 0.217 e. The van der Waals surface area contributed by atoms with Crippen molar-refractivity contribution in [2.75, 3.05) is 7.11 Å². The van der Waals surface area contributed by atoms with Crippen molar-refractivity contribution in [2.24, 2.45) is 0 Å². The monoisotopic (exact) mass is 272 g/mol. The summed E-state index contributed by atoms with van der Waals surface area (Å²) in [5, 5.41) is 12.6. The molecule has 0 fully saturated rings. The van der Waals surface area contributed by atoms with Gasteiger partial charge in [-0.25, -0.2) is 4.98 Å². The van der Waals surface area contributed by atoms with Crippen molar-refractivity contribution in [3.05, 3.63) is 59.3 Å². The van der Waals surface area contributed by atoms with Gasteiger partial charge in [0.1, 0.15) is 0 Å². The molecular formula is C16H20N2O2. The van der Waals surface area contributed by atoms with E-state index in [4.69, 9.17) is 4.74 Å². The molecule has 0 amide bonds. The first kappa shape index (κ1) is 14.5. The molecule has 0 saturated carbocycles. The van der Waals surface area contributed by atoms with Gasteiger partial charge in [-0.2, -0.15) is 0 Å². The molecule has 1 heterocycles. The predicted molar refractivity (Wildman–Crippen MR) is 78.4 cm³/mol. The van der Waals surface area contributed by atoms with Crippen LogP contribution in [0.4, 0.5) is 0 Å². The average Bonchev–Trinajstić information content (AvgIpc) is 2.52. The van der Waals surface area contributed by atoms with Crippen LogP contribution < -0.4 is 10.1 Å². The molecule has 4 heteroatoms. The maximum atomic E-state index is 9.17. The van der Waals surface area contributed by atoms with Crippen molar-refractivity contribution >= 4 is 0 Å². The fourth-order valence-electron chi connectivity index (χ4n) is 2.08. The molecule has 2 rings (SSSR count). The standard InChI is InChI=1S/C16H20N2O2/c1-12(14-6-3-5-13(9-14)11-19)18-10-15-7-4-8-17-16(15)20-2/h3-9,12,18-19H,10-11H2,1-2H3. The lowest BCUT2D eigenvalue weighted by atomic mass is 10.1. The van der Waals surface area contributed by atoms with Crippen LogP contribution in [0.15, 0.2) is 42.6 Å². The summed E-state index contributed by atoms with van der Waals surface area (Å²) in [5.74, 6) is 0.649. The first-order valence-corrected chi connectivity index (χ1v) is 6.65. The average molecular weight is 272 g/mol. The summed E-state index contributed by atoms with van der Waals surface area (Å²) < 4.78 is 5.24. The van der Waals surface area contributed by atoms with Crippen LogP contribution in [0.1, 0.15) is 29.7 Å². The van der Waals surface area contributed by atoms with Crippen LogP contribution in [0.5, 0.6) is 5.88 Å². The second-order valence-electron chi connectivity index (χ2n) is 4.68. The molecule has 0 aliphatic rings. The summed E-state index contributed by atoms with van der Waals surface area (Å²) in [6.07, 6.45) is 1.72. The normalized spacial score (nSPS) is 12.2. The van der Waals surface area contributed by atoms with Gasteiger partial charge in [-0.3, -0.25) is 0 Å². The SMILES string of the molecule is COc1ncccc1CNC(C)c1cccc(CO)c1. The minimum Gasteiger partial charge on any atom is -0.481 e. The summed E-state index contributed by atoms with van der Waals surface area (Å²) in [5.41, 5.74) is 3.11. The lowest BCUT2D eigenvalue weighted by molar-refractivity contribution is 0.281. The van der Waals surface area contributed by atoms with Crippen LogP contribution in [0.25, 0.3) is 0 Å². The van der Waals surface area contributed by atoms with Gasteiger partial charge in [0, 0.05) is 24.3 Å². The predicted octanol–water partition coefficient (Wildman–Crippen LogP) is 2.43. The first-order valence-electron chi connectivity index (χ1n) is 6.65. The minimum atomic E-state index is 0.0665. The Kier molecular flexibility index (Phi) is 5.09. The molecule has 1 unspecified atom stereocenters. The van der Waals surface area contributed by atoms with E-state index in [9.17, 15) is 5.11 Å². The molecule has 106 valence electrons. The first-order chi connectivity index (χ1) is 9.74. The van der Waals surface area contributed by atoms with Crippen LogP contribution in [-0.4, -0.2) is 17.2 Å². The van der Waals surface area contributed by atoms with Gasteiger partial charge in [0.2, 0.25) is 5.88 Å². The Morgan fingerprint density at radius 3 is 2.90 bits per heavy atom. The van der Waals surface area contributed by atoms with Gasteiger partial charge in [-0.1, -0.05) is 30.3 Å². The number of methoxy groups -OCH3 is 1. The molecule has 1 aromatic heterocycles. The second-order valence-corrected chi connectivity index (χ2v) is 4.68. The van der Waals surface area contributed by atoms with E-state index in [1.807, 2.05) is 30.3 Å². The molecule has 1 atom stereocenters. The Bertz CT molecular complexity index is 558. The highest BCUT2D eigenvalue weighted by atomic mass is 16.5. The second kappa shape index (κ2) is 7.03. The van der Waals surface area contributed by atoms with E-state index >= 15 is 0 Å². The fourth-order valence-corrected chi connectivity index (χ4v) is 2.08. The Morgan fingerprint density at radius 2 is 2.15 bits per heavy atom. The van der Waals surface area contributed by atoms with Gasteiger partial charge in [0.25, 0.3) is 0 Å². The summed E-state index contributed by atoms with van der Waals surface area (Å²) in [6.45, 7) is 2.85. The van der Waals surface area contributed by atoms with Gasteiger partial charge in [-0.15, -0.1) is 0 Å². The van der Waals surface area contributed by atoms with Crippen molar-refractivity contribution in [3.63, 3.8) is 0 Å². The summed E-state index contributed by atoms with van der Waals surface area (Å²) >= 11 is 0. The number of nitrogens with zero attached hydrogens (tertiary/aromatic N) is 1. The molecule has 0 spiro atoms. The molecule has 2 N–H and O–H groups in total. The highest BCUT2D eigenvalue weighted by Crippen LogP contribution is 2.17. The highest BCUT2D eigenvalue weighted by Gasteiger charge is 2.08. The number of pyridine rings is 1. The van der Waals surface area contributed by atoms with Gasteiger partial charge < -0.3 is 15.2 Å². The van der Waals surface area contributed by atoms with Crippen molar-refractivity contribution in [3.8, 4) is 5.88 Å². The zero-order valence-electron chi connectivity index (χ0n) is 11.8. The molecule has 0 aliphatic carbocycles. The molecule has 20 heavy (non-hydrogen) atoms. The van der Waals surface area contributed by atoms with Crippen molar-refractivity contribution in [1.29, 1.82) is 0 Å². The number of aromatic nitrogens is 1. The minimum absolute atomic E-state index is 0.0665. The Hall–Kier alpha value is -1.91. The van der Waals surface area contributed by atoms with Gasteiger partial charge in [-0.05, 0) is 24.1 Å². The Balaban J connectivity index is 2.02. The van der Waals surface area contributed by atoms with E-state index in [-0.39, 0.29) is 12.6 Å². The maximum absolute atomic E-state index is 9.17.